The number of unbranched alkanes of at least 4 members (excludes halogenated alkanes) is 1. The van der Waals surface area contributed by atoms with Crippen LogP contribution in [0.2, 0.25) is 0 Å². The molecule has 2 unspecified atom stereocenters. The van der Waals surface area contributed by atoms with Crippen LogP contribution in [-0.4, -0.2) is 0 Å². The molecule has 0 aliphatic carbocycles. The third kappa shape index (κ3) is 3.52. The van der Waals surface area contributed by atoms with Crippen molar-refractivity contribution in [3.63, 3.8) is 0 Å². The average molecular weight is 262 g/mol. The summed E-state index contributed by atoms with van der Waals surface area (Å²) in [4.78, 5) is 0. The van der Waals surface area contributed by atoms with E-state index in [1.165, 1.54) is 24.0 Å². The van der Waals surface area contributed by atoms with Crippen LogP contribution in [0.5, 0.6) is 0 Å². The third-order valence-corrected chi connectivity index (χ3v) is 3.84. The summed E-state index contributed by atoms with van der Waals surface area (Å²) >= 11 is 0. The molecule has 0 saturated carbocycles. The number of terminal acetylenes is 1. The van der Waals surface area contributed by atoms with Gasteiger partial charge in [-0.2, -0.15) is 0 Å². The molecule has 0 bridgehead atoms. The summed E-state index contributed by atoms with van der Waals surface area (Å²) in [7, 11) is 0. The van der Waals surface area contributed by atoms with E-state index in [1.54, 1.807) is 0 Å². The Labute approximate surface area is 122 Å². The lowest BCUT2D eigenvalue weighted by Crippen LogP contribution is -2.10. The lowest BCUT2D eigenvalue weighted by atomic mass is 9.79. The smallest absolute Gasteiger partial charge is 0.0518 e. The highest BCUT2D eigenvalue weighted by atomic mass is 14.2. The SMILES string of the molecule is C#CC(c1ccccc1)C(CCCC)c1ccccc1. The molecule has 0 radical (unpaired) electrons. The van der Waals surface area contributed by atoms with Crippen LogP contribution in [0.4, 0.5) is 0 Å². The van der Waals surface area contributed by atoms with Crippen LogP contribution < -0.4 is 0 Å². The van der Waals surface area contributed by atoms with E-state index < -0.39 is 0 Å². The Morgan fingerprint density at radius 1 is 0.900 bits per heavy atom. The molecule has 0 spiro atoms. The van der Waals surface area contributed by atoms with Crippen molar-refractivity contribution in [2.24, 2.45) is 0 Å². The van der Waals surface area contributed by atoms with Crippen molar-refractivity contribution in [3.05, 3.63) is 71.8 Å². The number of hydrogen-bond acceptors (Lipinski definition) is 0. The van der Waals surface area contributed by atoms with Gasteiger partial charge in [0.05, 0.1) is 5.92 Å². The van der Waals surface area contributed by atoms with Gasteiger partial charge in [0, 0.05) is 5.92 Å². The fourth-order valence-corrected chi connectivity index (χ4v) is 2.76. The Bertz CT molecular complexity index is 533. The zero-order valence-corrected chi connectivity index (χ0v) is 12.1. The molecule has 0 saturated heterocycles. The first-order valence-electron chi connectivity index (χ1n) is 7.42. The van der Waals surface area contributed by atoms with Crippen LogP contribution in [0, 0.1) is 12.3 Å². The fourth-order valence-electron chi connectivity index (χ4n) is 2.76. The molecule has 0 heterocycles. The predicted octanol–water partition coefficient (Wildman–Crippen LogP) is 5.38. The third-order valence-electron chi connectivity index (χ3n) is 3.84. The number of hydrogen-bond donors (Lipinski definition) is 0. The van der Waals surface area contributed by atoms with E-state index in [1.807, 2.05) is 6.07 Å². The monoisotopic (exact) mass is 262 g/mol. The van der Waals surface area contributed by atoms with Crippen molar-refractivity contribution in [1.29, 1.82) is 0 Å². The van der Waals surface area contributed by atoms with E-state index in [9.17, 15) is 0 Å². The summed E-state index contributed by atoms with van der Waals surface area (Å²) in [6.07, 6.45) is 9.42. The van der Waals surface area contributed by atoms with E-state index in [2.05, 4.69) is 67.4 Å². The zero-order chi connectivity index (χ0) is 14.2. The first kappa shape index (κ1) is 14.4. The molecule has 0 amide bonds. The molecule has 2 aromatic rings. The molecular weight excluding hydrogens is 240 g/mol. The second-order valence-corrected chi connectivity index (χ2v) is 5.21. The Morgan fingerprint density at radius 2 is 1.45 bits per heavy atom. The molecule has 0 fully saturated rings. The first-order valence-corrected chi connectivity index (χ1v) is 7.42. The number of benzene rings is 2. The molecule has 0 N–H and O–H groups in total. The van der Waals surface area contributed by atoms with Gasteiger partial charge in [-0.15, -0.1) is 6.42 Å². The highest BCUT2D eigenvalue weighted by Crippen LogP contribution is 2.36. The summed E-state index contributed by atoms with van der Waals surface area (Å²) in [5.74, 6) is 3.59. The standard InChI is InChI=1S/C20H22/c1-3-5-16-20(18-14-10-7-11-15-18)19(4-2)17-12-8-6-9-13-17/h2,6-15,19-20H,3,5,16H2,1H3. The number of rotatable bonds is 6. The zero-order valence-electron chi connectivity index (χ0n) is 12.1. The molecule has 0 heteroatoms. The van der Waals surface area contributed by atoms with Crippen LogP contribution in [0.15, 0.2) is 60.7 Å². The Kier molecular flexibility index (Phi) is 5.44. The summed E-state index contributed by atoms with van der Waals surface area (Å²) in [5.41, 5.74) is 2.60. The van der Waals surface area contributed by atoms with Gasteiger partial charge in [-0.1, -0.05) is 86.3 Å². The van der Waals surface area contributed by atoms with Crippen molar-refractivity contribution in [3.8, 4) is 12.3 Å². The van der Waals surface area contributed by atoms with Gasteiger partial charge in [0.25, 0.3) is 0 Å². The van der Waals surface area contributed by atoms with Crippen LogP contribution in [-0.2, 0) is 0 Å². The van der Waals surface area contributed by atoms with Crippen LogP contribution in [0.3, 0.4) is 0 Å². The Hall–Kier alpha value is -2.00. The second kappa shape index (κ2) is 7.56. The molecular formula is C20H22. The van der Waals surface area contributed by atoms with Crippen LogP contribution >= 0.6 is 0 Å². The maximum Gasteiger partial charge on any atom is 0.0518 e. The van der Waals surface area contributed by atoms with Gasteiger partial charge in [-0.25, -0.2) is 0 Å². The summed E-state index contributed by atoms with van der Waals surface area (Å²) < 4.78 is 0. The van der Waals surface area contributed by atoms with E-state index >= 15 is 0 Å². The van der Waals surface area contributed by atoms with Gasteiger partial charge in [-0.05, 0) is 17.5 Å². The van der Waals surface area contributed by atoms with Crippen LogP contribution in [0.1, 0.15) is 49.1 Å². The van der Waals surface area contributed by atoms with E-state index in [0.29, 0.717) is 5.92 Å². The van der Waals surface area contributed by atoms with Crippen molar-refractivity contribution >= 4 is 0 Å². The van der Waals surface area contributed by atoms with E-state index in [0.717, 1.165) is 6.42 Å². The van der Waals surface area contributed by atoms with Crippen molar-refractivity contribution in [2.75, 3.05) is 0 Å². The van der Waals surface area contributed by atoms with Crippen molar-refractivity contribution in [2.45, 2.75) is 38.0 Å². The van der Waals surface area contributed by atoms with Gasteiger partial charge in [-0.3, -0.25) is 0 Å². The van der Waals surface area contributed by atoms with Gasteiger partial charge in [0.15, 0.2) is 0 Å². The van der Waals surface area contributed by atoms with E-state index in [4.69, 9.17) is 6.42 Å². The molecule has 0 aromatic heterocycles. The Morgan fingerprint density at radius 3 is 1.95 bits per heavy atom. The molecule has 102 valence electrons. The minimum atomic E-state index is 0.158. The van der Waals surface area contributed by atoms with Gasteiger partial charge >= 0.3 is 0 Å². The Balaban J connectivity index is 2.32. The summed E-state index contributed by atoms with van der Waals surface area (Å²) in [6.45, 7) is 2.23. The van der Waals surface area contributed by atoms with Crippen molar-refractivity contribution < 1.29 is 0 Å². The van der Waals surface area contributed by atoms with Gasteiger partial charge < -0.3 is 0 Å². The average Bonchev–Trinajstić information content (AvgIpc) is 2.53. The normalized spacial score (nSPS) is 13.4. The highest BCUT2D eigenvalue weighted by Gasteiger charge is 2.22. The molecule has 0 nitrogen and oxygen atoms in total. The lowest BCUT2D eigenvalue weighted by molar-refractivity contribution is 0.550. The first-order chi connectivity index (χ1) is 9.86. The maximum atomic E-state index is 5.86. The maximum absolute atomic E-state index is 5.86. The summed E-state index contributed by atoms with van der Waals surface area (Å²) in [5, 5.41) is 0. The van der Waals surface area contributed by atoms with Crippen LogP contribution in [0.25, 0.3) is 0 Å². The second-order valence-electron chi connectivity index (χ2n) is 5.21. The molecule has 0 aliphatic heterocycles. The minimum Gasteiger partial charge on any atom is -0.119 e. The predicted molar refractivity (Wildman–Crippen MR) is 86.7 cm³/mol. The van der Waals surface area contributed by atoms with Gasteiger partial charge in [0.1, 0.15) is 0 Å². The highest BCUT2D eigenvalue weighted by molar-refractivity contribution is 5.34. The fraction of sp³-hybridized carbons (Fsp3) is 0.300. The lowest BCUT2D eigenvalue weighted by Gasteiger charge is -2.24. The molecule has 2 aromatic carbocycles. The quantitative estimate of drug-likeness (QED) is 0.613. The van der Waals surface area contributed by atoms with Crippen molar-refractivity contribution in [1.82, 2.24) is 0 Å². The largest absolute Gasteiger partial charge is 0.119 e. The molecule has 2 atom stereocenters. The molecule has 0 aliphatic rings. The molecule has 2 rings (SSSR count). The summed E-state index contributed by atoms with van der Waals surface area (Å²) in [6, 6.07) is 21.2. The van der Waals surface area contributed by atoms with E-state index in [-0.39, 0.29) is 5.92 Å². The molecule has 20 heavy (non-hydrogen) atoms. The topological polar surface area (TPSA) is 0 Å². The minimum absolute atomic E-state index is 0.158. The van der Waals surface area contributed by atoms with Gasteiger partial charge in [0.2, 0.25) is 0 Å².